The second-order valence-corrected chi connectivity index (χ2v) is 8.51. The number of nitrogens with zero attached hydrogens (tertiary/aromatic N) is 5. The lowest BCUT2D eigenvalue weighted by atomic mass is 10.00. The number of aromatic nitrogens is 4. The van der Waals surface area contributed by atoms with Crippen molar-refractivity contribution in [1.29, 1.82) is 0 Å². The molecule has 4 rings (SSSR count). The summed E-state index contributed by atoms with van der Waals surface area (Å²) in [6, 6.07) is 8.89. The third-order valence-corrected chi connectivity index (χ3v) is 6.45. The summed E-state index contributed by atoms with van der Waals surface area (Å²) in [5.74, 6) is 0.851. The standard InChI is InChI=1S/C23H31N5O2/c1-5-18-8-6-7-13-27(18)15-19-24-21-20(22(29)26(4)23(30)25(21)3)28(19)14-17-11-9-16(2)10-12-17/h9-12,18H,5-8,13-15H2,1-4H3/t18-/m1/s1. The molecule has 0 N–H and O–H groups in total. The van der Waals surface area contributed by atoms with Crippen molar-refractivity contribution in [1.82, 2.24) is 23.6 Å². The van der Waals surface area contributed by atoms with Crippen LogP contribution in [0.4, 0.5) is 0 Å². The van der Waals surface area contributed by atoms with Crippen molar-refractivity contribution >= 4 is 11.2 Å². The molecule has 2 aromatic heterocycles. The van der Waals surface area contributed by atoms with Gasteiger partial charge in [0.2, 0.25) is 0 Å². The van der Waals surface area contributed by atoms with Crippen LogP contribution in [0.15, 0.2) is 33.9 Å². The Bertz CT molecular complexity index is 1170. The smallest absolute Gasteiger partial charge is 0.317 e. The van der Waals surface area contributed by atoms with E-state index in [0.29, 0.717) is 30.3 Å². The van der Waals surface area contributed by atoms with Crippen LogP contribution in [-0.2, 0) is 27.2 Å². The summed E-state index contributed by atoms with van der Waals surface area (Å²) in [6.45, 7) is 6.59. The number of hydrogen-bond donors (Lipinski definition) is 0. The summed E-state index contributed by atoms with van der Waals surface area (Å²) in [6.07, 6.45) is 4.77. The minimum absolute atomic E-state index is 0.287. The lowest BCUT2D eigenvalue weighted by Crippen LogP contribution is -2.39. The number of likely N-dealkylation sites (tertiary alicyclic amines) is 1. The second-order valence-electron chi connectivity index (χ2n) is 8.51. The number of piperidine rings is 1. The monoisotopic (exact) mass is 409 g/mol. The fourth-order valence-corrected chi connectivity index (χ4v) is 4.57. The van der Waals surface area contributed by atoms with Crippen LogP contribution in [-0.4, -0.2) is 36.2 Å². The van der Waals surface area contributed by atoms with Crippen LogP contribution in [0.2, 0.25) is 0 Å². The van der Waals surface area contributed by atoms with E-state index >= 15 is 0 Å². The Kier molecular flexibility index (Phi) is 5.64. The van der Waals surface area contributed by atoms with Crippen LogP contribution in [0.1, 0.15) is 49.6 Å². The summed E-state index contributed by atoms with van der Waals surface area (Å²) in [4.78, 5) is 32.8. The maximum absolute atomic E-state index is 13.1. The zero-order valence-electron chi connectivity index (χ0n) is 18.4. The number of aryl methyl sites for hydroxylation is 2. The molecule has 1 aromatic carbocycles. The number of fused-ring (bicyclic) bond motifs is 1. The molecule has 1 fully saturated rings. The number of benzene rings is 1. The Morgan fingerprint density at radius 1 is 1.03 bits per heavy atom. The van der Waals surface area contributed by atoms with E-state index in [1.54, 1.807) is 7.05 Å². The van der Waals surface area contributed by atoms with Crippen molar-refractivity contribution in [3.63, 3.8) is 0 Å². The predicted molar refractivity (Wildman–Crippen MR) is 119 cm³/mol. The first-order valence-corrected chi connectivity index (χ1v) is 10.9. The average Bonchev–Trinajstić information content (AvgIpc) is 3.10. The van der Waals surface area contributed by atoms with Gasteiger partial charge in [0.25, 0.3) is 5.56 Å². The van der Waals surface area contributed by atoms with E-state index in [1.165, 1.54) is 41.0 Å². The van der Waals surface area contributed by atoms with Crippen LogP contribution in [0.5, 0.6) is 0 Å². The van der Waals surface area contributed by atoms with Gasteiger partial charge in [0.1, 0.15) is 5.82 Å². The Morgan fingerprint density at radius 3 is 2.47 bits per heavy atom. The van der Waals surface area contributed by atoms with Gasteiger partial charge in [0.15, 0.2) is 11.2 Å². The zero-order valence-corrected chi connectivity index (χ0v) is 18.4. The molecule has 1 atom stereocenters. The molecule has 1 saturated heterocycles. The highest BCUT2D eigenvalue weighted by Crippen LogP contribution is 2.23. The van der Waals surface area contributed by atoms with Gasteiger partial charge in [-0.05, 0) is 38.3 Å². The molecule has 7 heteroatoms. The predicted octanol–water partition coefficient (Wildman–Crippen LogP) is 2.55. The minimum atomic E-state index is -0.344. The summed E-state index contributed by atoms with van der Waals surface area (Å²) in [5, 5.41) is 0. The number of hydrogen-bond acceptors (Lipinski definition) is 4. The zero-order chi connectivity index (χ0) is 21.4. The quantitative estimate of drug-likeness (QED) is 0.650. The molecule has 0 unspecified atom stereocenters. The lowest BCUT2D eigenvalue weighted by Gasteiger charge is -2.34. The third-order valence-electron chi connectivity index (χ3n) is 6.45. The van der Waals surface area contributed by atoms with E-state index in [9.17, 15) is 9.59 Å². The molecule has 0 bridgehead atoms. The van der Waals surface area contributed by atoms with Gasteiger partial charge in [-0.25, -0.2) is 9.78 Å². The minimum Gasteiger partial charge on any atom is -0.317 e. The van der Waals surface area contributed by atoms with Crippen LogP contribution in [0.3, 0.4) is 0 Å². The summed E-state index contributed by atoms with van der Waals surface area (Å²) < 4.78 is 4.68. The van der Waals surface area contributed by atoms with Gasteiger partial charge in [-0.2, -0.15) is 0 Å². The molecule has 0 amide bonds. The molecule has 0 aliphatic carbocycles. The molecule has 3 aromatic rings. The molecule has 160 valence electrons. The Hall–Kier alpha value is -2.67. The molecule has 1 aliphatic rings. The molecule has 0 radical (unpaired) electrons. The molecule has 1 aliphatic heterocycles. The second kappa shape index (κ2) is 8.22. The van der Waals surface area contributed by atoms with E-state index < -0.39 is 0 Å². The van der Waals surface area contributed by atoms with Crippen LogP contribution >= 0.6 is 0 Å². The highest BCUT2D eigenvalue weighted by Gasteiger charge is 2.25. The van der Waals surface area contributed by atoms with Gasteiger partial charge in [-0.3, -0.25) is 18.8 Å². The fraction of sp³-hybridized carbons (Fsp3) is 0.522. The van der Waals surface area contributed by atoms with E-state index in [2.05, 4.69) is 43.0 Å². The highest BCUT2D eigenvalue weighted by atomic mass is 16.2. The first kappa shape index (κ1) is 20.6. The molecular formula is C23H31N5O2. The molecule has 0 spiro atoms. The SMILES string of the molecule is CC[C@@H]1CCCCN1Cc1nc2c(c(=O)n(C)c(=O)n2C)n1Cc1ccc(C)cc1. The Balaban J connectivity index is 1.86. The normalized spacial score (nSPS) is 17.7. The summed E-state index contributed by atoms with van der Waals surface area (Å²) >= 11 is 0. The van der Waals surface area contributed by atoms with Crippen LogP contribution in [0.25, 0.3) is 11.2 Å². The molecule has 7 nitrogen and oxygen atoms in total. The van der Waals surface area contributed by atoms with Gasteiger partial charge in [-0.15, -0.1) is 0 Å². The van der Waals surface area contributed by atoms with Gasteiger partial charge in [-0.1, -0.05) is 43.2 Å². The van der Waals surface area contributed by atoms with E-state index in [1.807, 2.05) is 4.57 Å². The Morgan fingerprint density at radius 2 is 1.77 bits per heavy atom. The Labute approximate surface area is 176 Å². The largest absolute Gasteiger partial charge is 0.332 e. The molecule has 30 heavy (non-hydrogen) atoms. The maximum Gasteiger partial charge on any atom is 0.332 e. The van der Waals surface area contributed by atoms with E-state index in [0.717, 1.165) is 24.4 Å². The molecule has 0 saturated carbocycles. The maximum atomic E-state index is 13.1. The topological polar surface area (TPSA) is 65.1 Å². The fourth-order valence-electron chi connectivity index (χ4n) is 4.57. The summed E-state index contributed by atoms with van der Waals surface area (Å²) in [7, 11) is 3.22. The van der Waals surface area contributed by atoms with Crippen molar-refractivity contribution in [2.75, 3.05) is 6.54 Å². The van der Waals surface area contributed by atoms with E-state index in [4.69, 9.17) is 4.98 Å². The van der Waals surface area contributed by atoms with Crippen molar-refractivity contribution in [3.8, 4) is 0 Å². The van der Waals surface area contributed by atoms with Crippen LogP contribution < -0.4 is 11.2 Å². The first-order valence-electron chi connectivity index (χ1n) is 10.9. The highest BCUT2D eigenvalue weighted by molar-refractivity contribution is 5.71. The van der Waals surface area contributed by atoms with Gasteiger partial charge < -0.3 is 4.57 Å². The van der Waals surface area contributed by atoms with Gasteiger partial charge in [0, 0.05) is 26.7 Å². The summed E-state index contributed by atoms with van der Waals surface area (Å²) in [5.41, 5.74) is 2.65. The van der Waals surface area contributed by atoms with Gasteiger partial charge in [0.05, 0.1) is 6.54 Å². The molecular weight excluding hydrogens is 378 g/mol. The number of rotatable bonds is 5. The third kappa shape index (κ3) is 3.62. The average molecular weight is 410 g/mol. The van der Waals surface area contributed by atoms with Gasteiger partial charge >= 0.3 is 5.69 Å². The van der Waals surface area contributed by atoms with Crippen LogP contribution in [0, 0.1) is 6.92 Å². The van der Waals surface area contributed by atoms with E-state index in [-0.39, 0.29) is 11.2 Å². The molecule has 3 heterocycles. The first-order chi connectivity index (χ1) is 14.4. The van der Waals surface area contributed by atoms with Crippen molar-refractivity contribution < 1.29 is 0 Å². The van der Waals surface area contributed by atoms with Crippen molar-refractivity contribution in [2.24, 2.45) is 14.1 Å². The van der Waals surface area contributed by atoms with Crippen molar-refractivity contribution in [3.05, 3.63) is 62.1 Å². The van der Waals surface area contributed by atoms with Crippen molar-refractivity contribution in [2.45, 2.75) is 58.7 Å². The number of imidazole rings is 1. The lowest BCUT2D eigenvalue weighted by molar-refractivity contribution is 0.131.